The molecule has 2 atom stereocenters. The number of rotatable bonds is 5. The molecule has 0 aromatic rings. The number of hydrogen-bond donors (Lipinski definition) is 1. The number of piperidine rings is 1. The van der Waals surface area contributed by atoms with E-state index in [-0.39, 0.29) is 6.67 Å². The Balaban J connectivity index is 2.41. The fourth-order valence-corrected chi connectivity index (χ4v) is 2.32. The summed E-state index contributed by atoms with van der Waals surface area (Å²) in [5, 5.41) is 3.31. The largest absolute Gasteiger partial charge is 0.316 e. The van der Waals surface area contributed by atoms with Crippen molar-refractivity contribution in [2.75, 3.05) is 26.8 Å². The molecule has 0 aromatic heterocycles. The summed E-state index contributed by atoms with van der Waals surface area (Å²) in [6.07, 6.45) is 4.54. The standard InChI is InChI=1S/C11H23FN2/c1-10(13-2)11-6-3-4-8-14(11)9-5-7-12/h10-11,13H,3-9H2,1-2H3. The van der Waals surface area contributed by atoms with E-state index in [1.807, 2.05) is 7.05 Å². The van der Waals surface area contributed by atoms with Crippen LogP contribution in [0, 0.1) is 0 Å². The lowest BCUT2D eigenvalue weighted by atomic mass is 9.96. The van der Waals surface area contributed by atoms with Gasteiger partial charge in [0.05, 0.1) is 6.67 Å². The molecule has 0 aromatic carbocycles. The van der Waals surface area contributed by atoms with Crippen LogP contribution in [0.4, 0.5) is 4.39 Å². The molecule has 1 fully saturated rings. The molecule has 1 aliphatic heterocycles. The maximum absolute atomic E-state index is 12.1. The maximum atomic E-state index is 12.1. The van der Waals surface area contributed by atoms with E-state index in [2.05, 4.69) is 17.1 Å². The van der Waals surface area contributed by atoms with Crippen LogP contribution in [0.5, 0.6) is 0 Å². The molecule has 2 unspecified atom stereocenters. The van der Waals surface area contributed by atoms with Crippen molar-refractivity contribution in [2.45, 2.75) is 44.7 Å². The monoisotopic (exact) mass is 202 g/mol. The summed E-state index contributed by atoms with van der Waals surface area (Å²) in [6.45, 7) is 4.11. The average molecular weight is 202 g/mol. The number of likely N-dealkylation sites (N-methyl/N-ethyl adjacent to an activating group) is 1. The number of hydrogen-bond acceptors (Lipinski definition) is 2. The number of likely N-dealkylation sites (tertiary alicyclic amines) is 1. The van der Waals surface area contributed by atoms with Crippen LogP contribution in [-0.4, -0.2) is 43.8 Å². The van der Waals surface area contributed by atoms with Gasteiger partial charge in [0.25, 0.3) is 0 Å². The summed E-state index contributed by atoms with van der Waals surface area (Å²) in [7, 11) is 2.01. The van der Waals surface area contributed by atoms with Crippen molar-refractivity contribution in [3.8, 4) is 0 Å². The zero-order chi connectivity index (χ0) is 10.4. The van der Waals surface area contributed by atoms with E-state index in [4.69, 9.17) is 0 Å². The molecule has 1 rings (SSSR count). The van der Waals surface area contributed by atoms with E-state index in [1.54, 1.807) is 0 Å². The Morgan fingerprint density at radius 3 is 2.93 bits per heavy atom. The quantitative estimate of drug-likeness (QED) is 0.731. The Morgan fingerprint density at radius 2 is 2.29 bits per heavy atom. The van der Waals surface area contributed by atoms with Crippen LogP contribution in [0.1, 0.15) is 32.6 Å². The number of alkyl halides is 1. The molecule has 3 heteroatoms. The van der Waals surface area contributed by atoms with Crippen LogP contribution in [0.3, 0.4) is 0 Å². The average Bonchev–Trinajstić information content (AvgIpc) is 2.25. The topological polar surface area (TPSA) is 15.3 Å². The molecule has 0 bridgehead atoms. The lowest BCUT2D eigenvalue weighted by molar-refractivity contribution is 0.117. The number of halogens is 1. The summed E-state index contributed by atoms with van der Waals surface area (Å²) < 4.78 is 12.1. The molecule has 84 valence electrons. The molecule has 0 aliphatic carbocycles. The van der Waals surface area contributed by atoms with Crippen molar-refractivity contribution in [2.24, 2.45) is 0 Å². The van der Waals surface area contributed by atoms with Crippen molar-refractivity contribution in [3.63, 3.8) is 0 Å². The van der Waals surface area contributed by atoms with Gasteiger partial charge in [-0.2, -0.15) is 0 Å². The van der Waals surface area contributed by atoms with Crippen LogP contribution >= 0.6 is 0 Å². The third kappa shape index (κ3) is 3.21. The van der Waals surface area contributed by atoms with Crippen LogP contribution in [-0.2, 0) is 0 Å². The van der Waals surface area contributed by atoms with Gasteiger partial charge in [-0.3, -0.25) is 9.29 Å². The van der Waals surface area contributed by atoms with Gasteiger partial charge in [0.15, 0.2) is 0 Å². The normalized spacial score (nSPS) is 26.4. The van der Waals surface area contributed by atoms with Gasteiger partial charge in [0.2, 0.25) is 0 Å². The Hall–Kier alpha value is -0.150. The van der Waals surface area contributed by atoms with E-state index >= 15 is 0 Å². The summed E-state index contributed by atoms with van der Waals surface area (Å²) in [5.74, 6) is 0. The van der Waals surface area contributed by atoms with Crippen LogP contribution < -0.4 is 5.32 Å². The van der Waals surface area contributed by atoms with Gasteiger partial charge in [-0.15, -0.1) is 0 Å². The SMILES string of the molecule is CNC(C)C1CCCCN1CCCF. The Morgan fingerprint density at radius 1 is 1.50 bits per heavy atom. The van der Waals surface area contributed by atoms with Gasteiger partial charge in [-0.05, 0) is 39.8 Å². The highest BCUT2D eigenvalue weighted by molar-refractivity contribution is 4.84. The lowest BCUT2D eigenvalue weighted by Crippen LogP contribution is -2.50. The molecular weight excluding hydrogens is 179 g/mol. The maximum Gasteiger partial charge on any atom is 0.0906 e. The summed E-state index contributed by atoms with van der Waals surface area (Å²) in [5.41, 5.74) is 0. The second kappa shape index (κ2) is 6.36. The molecule has 14 heavy (non-hydrogen) atoms. The van der Waals surface area contributed by atoms with Crippen LogP contribution in [0.25, 0.3) is 0 Å². The van der Waals surface area contributed by atoms with Crippen molar-refractivity contribution in [1.29, 1.82) is 0 Å². The first-order chi connectivity index (χ1) is 6.79. The predicted octanol–water partition coefficient (Wildman–Crippen LogP) is 1.81. The molecule has 0 saturated carbocycles. The summed E-state index contributed by atoms with van der Waals surface area (Å²) in [4.78, 5) is 2.45. The molecule has 0 spiro atoms. The third-order valence-corrected chi connectivity index (χ3v) is 3.28. The van der Waals surface area contributed by atoms with Crippen molar-refractivity contribution in [3.05, 3.63) is 0 Å². The van der Waals surface area contributed by atoms with Crippen molar-refractivity contribution < 1.29 is 4.39 Å². The molecule has 1 saturated heterocycles. The molecule has 0 amide bonds. The Labute approximate surface area is 86.9 Å². The first-order valence-corrected chi connectivity index (χ1v) is 5.77. The van der Waals surface area contributed by atoms with E-state index in [0.29, 0.717) is 18.5 Å². The Bertz CT molecular complexity index is 152. The van der Waals surface area contributed by atoms with E-state index in [1.165, 1.54) is 19.3 Å². The van der Waals surface area contributed by atoms with E-state index in [9.17, 15) is 4.39 Å². The second-order valence-corrected chi connectivity index (χ2v) is 4.22. The molecule has 1 N–H and O–H groups in total. The van der Waals surface area contributed by atoms with E-state index in [0.717, 1.165) is 13.1 Å². The fourth-order valence-electron chi connectivity index (χ4n) is 2.32. The van der Waals surface area contributed by atoms with Gasteiger partial charge in [0.1, 0.15) is 0 Å². The van der Waals surface area contributed by atoms with Gasteiger partial charge in [0, 0.05) is 18.6 Å². The van der Waals surface area contributed by atoms with Crippen LogP contribution in [0.15, 0.2) is 0 Å². The highest BCUT2D eigenvalue weighted by Gasteiger charge is 2.25. The third-order valence-electron chi connectivity index (χ3n) is 3.28. The van der Waals surface area contributed by atoms with Crippen molar-refractivity contribution in [1.82, 2.24) is 10.2 Å². The number of nitrogens with zero attached hydrogens (tertiary/aromatic N) is 1. The zero-order valence-corrected chi connectivity index (χ0v) is 9.43. The van der Waals surface area contributed by atoms with Gasteiger partial charge in [-0.1, -0.05) is 6.42 Å². The van der Waals surface area contributed by atoms with E-state index < -0.39 is 0 Å². The molecule has 0 radical (unpaired) electrons. The molecular formula is C11H23FN2. The van der Waals surface area contributed by atoms with Crippen molar-refractivity contribution >= 4 is 0 Å². The highest BCUT2D eigenvalue weighted by atomic mass is 19.1. The van der Waals surface area contributed by atoms with Gasteiger partial charge < -0.3 is 5.32 Å². The first kappa shape index (κ1) is 11.9. The zero-order valence-electron chi connectivity index (χ0n) is 9.43. The first-order valence-electron chi connectivity index (χ1n) is 5.77. The Kier molecular flexibility index (Phi) is 5.41. The predicted molar refractivity (Wildman–Crippen MR) is 58.3 cm³/mol. The summed E-state index contributed by atoms with van der Waals surface area (Å²) >= 11 is 0. The minimum atomic E-state index is -0.183. The second-order valence-electron chi connectivity index (χ2n) is 4.22. The molecule has 1 heterocycles. The van der Waals surface area contributed by atoms with Gasteiger partial charge >= 0.3 is 0 Å². The molecule has 1 aliphatic rings. The smallest absolute Gasteiger partial charge is 0.0906 e. The highest BCUT2D eigenvalue weighted by Crippen LogP contribution is 2.19. The minimum absolute atomic E-state index is 0.183. The van der Waals surface area contributed by atoms with Crippen LogP contribution in [0.2, 0.25) is 0 Å². The fraction of sp³-hybridized carbons (Fsp3) is 1.00. The number of nitrogens with one attached hydrogen (secondary N) is 1. The summed E-state index contributed by atoms with van der Waals surface area (Å²) in [6, 6.07) is 1.13. The minimum Gasteiger partial charge on any atom is -0.316 e. The lowest BCUT2D eigenvalue weighted by Gasteiger charge is -2.39. The van der Waals surface area contributed by atoms with Gasteiger partial charge in [-0.25, -0.2) is 0 Å². The molecule has 2 nitrogen and oxygen atoms in total.